The van der Waals surface area contributed by atoms with Gasteiger partial charge in [-0.1, -0.05) is 0 Å². The fourth-order valence-corrected chi connectivity index (χ4v) is 2.39. The van der Waals surface area contributed by atoms with Gasteiger partial charge in [0.25, 0.3) is 0 Å². The minimum absolute atomic E-state index is 0.378. The highest BCUT2D eigenvalue weighted by Crippen LogP contribution is 2.21. The molecule has 0 radical (unpaired) electrons. The summed E-state index contributed by atoms with van der Waals surface area (Å²) in [6.07, 6.45) is 0. The fraction of sp³-hybridized carbons (Fsp3) is 0.438. The highest BCUT2D eigenvalue weighted by atomic mass is 15.5. The number of hydrogen-bond donors (Lipinski definition) is 1. The molecule has 1 aliphatic heterocycles. The van der Waals surface area contributed by atoms with Gasteiger partial charge in [-0.05, 0) is 52.0 Å². The molecule has 0 aromatic heterocycles. The third-order valence-corrected chi connectivity index (χ3v) is 3.61. The molecule has 0 saturated heterocycles. The molecule has 0 aliphatic carbocycles. The van der Waals surface area contributed by atoms with Crippen LogP contribution in [0.15, 0.2) is 34.4 Å². The molecule has 5 nitrogen and oxygen atoms in total. The van der Waals surface area contributed by atoms with Crippen LogP contribution in [-0.2, 0) is 0 Å². The summed E-state index contributed by atoms with van der Waals surface area (Å²) in [6.45, 7) is 10.8. The van der Waals surface area contributed by atoms with E-state index in [1.165, 1.54) is 5.69 Å². The van der Waals surface area contributed by atoms with E-state index < -0.39 is 0 Å². The van der Waals surface area contributed by atoms with E-state index in [4.69, 9.17) is 5.41 Å². The van der Waals surface area contributed by atoms with Crippen LogP contribution in [0.3, 0.4) is 0 Å². The van der Waals surface area contributed by atoms with Crippen molar-refractivity contribution in [2.24, 2.45) is 10.1 Å². The average molecular weight is 285 g/mol. The maximum Gasteiger partial charge on any atom is 0.169 e. The molecule has 21 heavy (non-hydrogen) atoms. The van der Waals surface area contributed by atoms with Crippen molar-refractivity contribution in [3.8, 4) is 0 Å². The minimum atomic E-state index is 0.378. The first kappa shape index (κ1) is 15.2. The first-order chi connectivity index (χ1) is 10.1. The van der Waals surface area contributed by atoms with Crippen LogP contribution in [0.5, 0.6) is 0 Å². The molecular weight excluding hydrogens is 262 g/mol. The van der Waals surface area contributed by atoms with Gasteiger partial charge in [-0.3, -0.25) is 5.41 Å². The third-order valence-electron chi connectivity index (χ3n) is 3.61. The summed E-state index contributed by atoms with van der Waals surface area (Å²) in [5.41, 5.74) is 3.52. The third kappa shape index (κ3) is 3.12. The summed E-state index contributed by atoms with van der Waals surface area (Å²) < 4.78 is 0. The standard InChI is InChI=1S/C16H23N5/c1-5-20(6-2)14-10-8-13(9-11-14)18-15-12(4)19-21(7-3)16(15)17/h8-11,17H,5-7H2,1-4H3. The number of rotatable bonds is 5. The molecule has 5 heteroatoms. The lowest BCUT2D eigenvalue weighted by Gasteiger charge is -2.20. The molecule has 1 aliphatic rings. The monoisotopic (exact) mass is 285 g/mol. The average Bonchev–Trinajstić information content (AvgIpc) is 2.77. The Balaban J connectivity index is 2.22. The Labute approximate surface area is 126 Å². The number of amidine groups is 1. The molecule has 0 saturated carbocycles. The highest BCUT2D eigenvalue weighted by Gasteiger charge is 2.24. The molecule has 112 valence electrons. The number of hydrazone groups is 1. The van der Waals surface area contributed by atoms with E-state index in [0.717, 1.165) is 24.5 Å². The van der Waals surface area contributed by atoms with Gasteiger partial charge in [-0.2, -0.15) is 5.10 Å². The number of anilines is 1. The summed E-state index contributed by atoms with van der Waals surface area (Å²) in [5.74, 6) is 0.378. The molecule has 1 aromatic carbocycles. The van der Waals surface area contributed by atoms with Crippen LogP contribution in [-0.4, -0.2) is 41.9 Å². The fourth-order valence-electron chi connectivity index (χ4n) is 2.39. The van der Waals surface area contributed by atoms with Gasteiger partial charge < -0.3 is 4.90 Å². The van der Waals surface area contributed by atoms with E-state index >= 15 is 0 Å². The van der Waals surface area contributed by atoms with Crippen molar-refractivity contribution >= 4 is 28.6 Å². The van der Waals surface area contributed by atoms with Gasteiger partial charge in [0.15, 0.2) is 5.84 Å². The van der Waals surface area contributed by atoms with Gasteiger partial charge in [0, 0.05) is 25.3 Å². The first-order valence-corrected chi connectivity index (χ1v) is 7.46. The number of hydrogen-bond acceptors (Lipinski definition) is 4. The minimum Gasteiger partial charge on any atom is -0.372 e. The maximum atomic E-state index is 8.09. The predicted molar refractivity (Wildman–Crippen MR) is 90.3 cm³/mol. The topological polar surface area (TPSA) is 55.1 Å². The lowest BCUT2D eigenvalue weighted by molar-refractivity contribution is 0.481. The number of nitrogens with one attached hydrogen (secondary N) is 1. The van der Waals surface area contributed by atoms with Crippen molar-refractivity contribution in [1.82, 2.24) is 5.01 Å². The molecule has 2 rings (SSSR count). The maximum absolute atomic E-state index is 8.09. The Bertz CT molecular complexity index is 567. The molecule has 1 N–H and O–H groups in total. The van der Waals surface area contributed by atoms with Crippen LogP contribution in [0.1, 0.15) is 27.7 Å². The molecule has 1 heterocycles. The Morgan fingerprint density at radius 3 is 2.24 bits per heavy atom. The largest absolute Gasteiger partial charge is 0.372 e. The van der Waals surface area contributed by atoms with Crippen LogP contribution < -0.4 is 4.90 Å². The zero-order valence-electron chi connectivity index (χ0n) is 13.2. The highest BCUT2D eigenvalue weighted by molar-refractivity contribution is 6.69. The Morgan fingerprint density at radius 1 is 1.14 bits per heavy atom. The van der Waals surface area contributed by atoms with E-state index in [1.807, 2.05) is 26.0 Å². The summed E-state index contributed by atoms with van der Waals surface area (Å²) in [7, 11) is 0. The van der Waals surface area contributed by atoms with E-state index in [1.54, 1.807) is 5.01 Å². The molecule has 1 aromatic rings. The lowest BCUT2D eigenvalue weighted by Crippen LogP contribution is -2.26. The van der Waals surface area contributed by atoms with Gasteiger partial charge in [0.2, 0.25) is 0 Å². The SMILES string of the molecule is CCN1N=C(C)C(=Nc2ccc(N(CC)CC)cc2)C1=N. The number of benzene rings is 1. The van der Waals surface area contributed by atoms with Gasteiger partial charge >= 0.3 is 0 Å². The second-order valence-corrected chi connectivity index (χ2v) is 4.90. The first-order valence-electron chi connectivity index (χ1n) is 7.46. The number of aliphatic imine (C=N–C) groups is 1. The van der Waals surface area contributed by atoms with Crippen LogP contribution in [0.25, 0.3) is 0 Å². The van der Waals surface area contributed by atoms with Crippen LogP contribution >= 0.6 is 0 Å². The van der Waals surface area contributed by atoms with E-state index in [-0.39, 0.29) is 0 Å². The van der Waals surface area contributed by atoms with E-state index in [0.29, 0.717) is 18.1 Å². The van der Waals surface area contributed by atoms with Crippen molar-refractivity contribution in [3.05, 3.63) is 24.3 Å². The smallest absolute Gasteiger partial charge is 0.169 e. The molecule has 0 spiro atoms. The zero-order valence-corrected chi connectivity index (χ0v) is 13.2. The normalized spacial score (nSPS) is 16.6. The van der Waals surface area contributed by atoms with Crippen LogP contribution in [0.4, 0.5) is 11.4 Å². The predicted octanol–water partition coefficient (Wildman–Crippen LogP) is 3.29. The second-order valence-electron chi connectivity index (χ2n) is 4.90. The quantitative estimate of drug-likeness (QED) is 0.902. The van der Waals surface area contributed by atoms with Crippen molar-refractivity contribution in [2.75, 3.05) is 24.5 Å². The van der Waals surface area contributed by atoms with Gasteiger partial charge in [0.05, 0.1) is 11.4 Å². The van der Waals surface area contributed by atoms with Gasteiger partial charge in [-0.15, -0.1) is 0 Å². The molecule has 0 amide bonds. The van der Waals surface area contributed by atoms with E-state index in [9.17, 15) is 0 Å². The van der Waals surface area contributed by atoms with Crippen LogP contribution in [0, 0.1) is 5.41 Å². The number of nitrogens with zero attached hydrogens (tertiary/aromatic N) is 4. The van der Waals surface area contributed by atoms with Gasteiger partial charge in [-0.25, -0.2) is 10.0 Å². The molecule has 0 atom stereocenters. The molecule has 0 unspecified atom stereocenters. The lowest BCUT2D eigenvalue weighted by atomic mass is 10.2. The molecular formula is C16H23N5. The Kier molecular flexibility index (Phi) is 4.73. The van der Waals surface area contributed by atoms with E-state index in [2.05, 4.69) is 41.0 Å². The molecule has 0 bridgehead atoms. The van der Waals surface area contributed by atoms with Gasteiger partial charge in [0.1, 0.15) is 5.71 Å². The van der Waals surface area contributed by atoms with Crippen LogP contribution in [0.2, 0.25) is 0 Å². The zero-order chi connectivity index (χ0) is 15.4. The van der Waals surface area contributed by atoms with Crippen molar-refractivity contribution < 1.29 is 0 Å². The second kappa shape index (κ2) is 6.52. The van der Waals surface area contributed by atoms with Crippen molar-refractivity contribution in [1.29, 1.82) is 5.41 Å². The summed E-state index contributed by atoms with van der Waals surface area (Å²) in [6, 6.07) is 8.15. The summed E-state index contributed by atoms with van der Waals surface area (Å²) in [5, 5.41) is 14.1. The van der Waals surface area contributed by atoms with Crippen molar-refractivity contribution in [2.45, 2.75) is 27.7 Å². The summed E-state index contributed by atoms with van der Waals surface area (Å²) >= 11 is 0. The Morgan fingerprint density at radius 2 is 1.76 bits per heavy atom. The molecule has 0 fully saturated rings. The van der Waals surface area contributed by atoms with Crippen molar-refractivity contribution in [3.63, 3.8) is 0 Å². The Hall–Kier alpha value is -2.17. The summed E-state index contributed by atoms with van der Waals surface area (Å²) in [4.78, 5) is 6.86.